The zero-order chi connectivity index (χ0) is 13.3. The summed E-state index contributed by atoms with van der Waals surface area (Å²) >= 11 is 0. The lowest BCUT2D eigenvalue weighted by Gasteiger charge is -2.22. The highest BCUT2D eigenvalue weighted by molar-refractivity contribution is 5.78. The second kappa shape index (κ2) is 7.81. The summed E-state index contributed by atoms with van der Waals surface area (Å²) in [5, 5.41) is 8.97. The van der Waals surface area contributed by atoms with Crippen molar-refractivity contribution in [2.45, 2.75) is 25.3 Å². The van der Waals surface area contributed by atoms with E-state index in [0.29, 0.717) is 25.2 Å². The van der Waals surface area contributed by atoms with Crippen molar-refractivity contribution in [3.05, 3.63) is 12.2 Å². The van der Waals surface area contributed by atoms with E-state index in [-0.39, 0.29) is 6.61 Å². The number of carboxylic acids is 1. The molecule has 5 N–H and O–H groups in total. The molecule has 17 heavy (non-hydrogen) atoms. The third-order valence-corrected chi connectivity index (χ3v) is 2.20. The van der Waals surface area contributed by atoms with E-state index in [1.807, 2.05) is 12.2 Å². The predicted molar refractivity (Wildman–Crippen MR) is 67.0 cm³/mol. The largest absolute Gasteiger partial charge is 0.480 e. The second-order valence-electron chi connectivity index (χ2n) is 3.89. The molecule has 6 nitrogen and oxygen atoms in total. The fraction of sp³-hybridized carbons (Fsp3) is 0.636. The van der Waals surface area contributed by atoms with Crippen molar-refractivity contribution in [3.8, 4) is 0 Å². The maximum absolute atomic E-state index is 11.0. The molecule has 0 aliphatic carbocycles. The molecule has 6 heteroatoms. The van der Waals surface area contributed by atoms with Gasteiger partial charge in [-0.15, -0.1) is 0 Å². The highest BCUT2D eigenvalue weighted by atomic mass is 16.5. The Bertz CT molecular complexity index is 298. The number of ether oxygens (including phenoxy) is 1. The molecule has 0 aliphatic heterocycles. The van der Waals surface area contributed by atoms with Crippen molar-refractivity contribution in [1.29, 1.82) is 0 Å². The molecule has 0 heterocycles. The molecule has 1 atom stereocenters. The average molecular weight is 243 g/mol. The SMILES string of the molecule is COC[C@](N)(CC/C=C\CN=C(C)N)C(=O)O. The van der Waals surface area contributed by atoms with Gasteiger partial charge in [0.15, 0.2) is 0 Å². The van der Waals surface area contributed by atoms with Crippen LogP contribution in [0.5, 0.6) is 0 Å². The number of methoxy groups -OCH3 is 1. The van der Waals surface area contributed by atoms with Gasteiger partial charge in [-0.05, 0) is 19.8 Å². The van der Waals surface area contributed by atoms with Crippen LogP contribution in [0, 0.1) is 0 Å². The zero-order valence-electron chi connectivity index (χ0n) is 10.3. The van der Waals surface area contributed by atoms with E-state index in [1.165, 1.54) is 7.11 Å². The lowest BCUT2D eigenvalue weighted by atomic mass is 9.96. The Morgan fingerprint density at radius 3 is 2.65 bits per heavy atom. The molecule has 0 saturated carbocycles. The van der Waals surface area contributed by atoms with E-state index >= 15 is 0 Å². The molecule has 0 aromatic heterocycles. The molecule has 0 aromatic rings. The lowest BCUT2D eigenvalue weighted by molar-refractivity contribution is -0.145. The number of rotatable bonds is 8. The fourth-order valence-corrected chi connectivity index (χ4v) is 1.23. The summed E-state index contributed by atoms with van der Waals surface area (Å²) in [5.74, 6) is -0.531. The number of carboxylic acid groups (broad SMARTS) is 1. The van der Waals surface area contributed by atoms with Crippen LogP contribution in [0.1, 0.15) is 19.8 Å². The van der Waals surface area contributed by atoms with Gasteiger partial charge in [0.05, 0.1) is 19.0 Å². The molecule has 98 valence electrons. The van der Waals surface area contributed by atoms with Crippen LogP contribution in [-0.4, -0.2) is 42.7 Å². The second-order valence-corrected chi connectivity index (χ2v) is 3.89. The first kappa shape index (κ1) is 15.6. The lowest BCUT2D eigenvalue weighted by Crippen LogP contribution is -2.51. The standard InChI is InChI=1S/C11H21N3O3/c1-9(12)14-7-5-3-4-6-11(13,8-17-2)10(15)16/h3,5H,4,6-8,13H2,1-2H3,(H2,12,14)(H,15,16)/b5-3-/t11-/m1/s1. The molecule has 0 saturated heterocycles. The van der Waals surface area contributed by atoms with Crippen molar-refractivity contribution < 1.29 is 14.6 Å². The van der Waals surface area contributed by atoms with Crippen LogP contribution in [0.15, 0.2) is 17.1 Å². The van der Waals surface area contributed by atoms with Crippen LogP contribution in [0.4, 0.5) is 0 Å². The number of carbonyl (C=O) groups is 1. The summed E-state index contributed by atoms with van der Waals surface area (Å²) in [6.45, 7) is 2.20. The molecule has 0 aliphatic rings. The highest BCUT2D eigenvalue weighted by Gasteiger charge is 2.32. The van der Waals surface area contributed by atoms with E-state index in [2.05, 4.69) is 4.99 Å². The Morgan fingerprint density at radius 1 is 1.53 bits per heavy atom. The Morgan fingerprint density at radius 2 is 2.18 bits per heavy atom. The van der Waals surface area contributed by atoms with Gasteiger partial charge >= 0.3 is 5.97 Å². The summed E-state index contributed by atoms with van der Waals surface area (Å²) in [6, 6.07) is 0. The van der Waals surface area contributed by atoms with Crippen LogP contribution < -0.4 is 11.5 Å². The molecule has 0 rings (SSSR count). The van der Waals surface area contributed by atoms with E-state index in [0.717, 1.165) is 0 Å². The van der Waals surface area contributed by atoms with Crippen molar-refractivity contribution in [3.63, 3.8) is 0 Å². The van der Waals surface area contributed by atoms with Gasteiger partial charge in [-0.2, -0.15) is 0 Å². The van der Waals surface area contributed by atoms with Crippen LogP contribution in [0.3, 0.4) is 0 Å². The summed E-state index contributed by atoms with van der Waals surface area (Å²) in [5.41, 5.74) is 9.74. The third kappa shape index (κ3) is 6.70. The number of nitrogens with two attached hydrogens (primary N) is 2. The number of hydrogen-bond acceptors (Lipinski definition) is 4. The first-order valence-corrected chi connectivity index (χ1v) is 5.35. The highest BCUT2D eigenvalue weighted by Crippen LogP contribution is 2.11. The molecular formula is C11H21N3O3. The number of aliphatic carboxylic acids is 1. The molecule has 0 spiro atoms. The van der Waals surface area contributed by atoms with Gasteiger partial charge in [-0.3, -0.25) is 9.79 Å². The van der Waals surface area contributed by atoms with Gasteiger partial charge in [-0.25, -0.2) is 0 Å². The van der Waals surface area contributed by atoms with Crippen molar-refractivity contribution >= 4 is 11.8 Å². The maximum atomic E-state index is 11.0. The smallest absolute Gasteiger partial charge is 0.326 e. The molecule has 0 aromatic carbocycles. The number of hydrogen-bond donors (Lipinski definition) is 3. The van der Waals surface area contributed by atoms with Gasteiger partial charge in [0, 0.05) is 7.11 Å². The Hall–Kier alpha value is -1.40. The number of amidine groups is 1. The van der Waals surface area contributed by atoms with Gasteiger partial charge in [0.2, 0.25) is 0 Å². The topological polar surface area (TPSA) is 111 Å². The van der Waals surface area contributed by atoms with E-state index in [1.54, 1.807) is 6.92 Å². The van der Waals surface area contributed by atoms with Crippen LogP contribution in [0.25, 0.3) is 0 Å². The van der Waals surface area contributed by atoms with Gasteiger partial charge in [0.1, 0.15) is 5.54 Å². The maximum Gasteiger partial charge on any atom is 0.326 e. The van der Waals surface area contributed by atoms with Crippen LogP contribution in [0.2, 0.25) is 0 Å². The van der Waals surface area contributed by atoms with E-state index < -0.39 is 11.5 Å². The minimum absolute atomic E-state index is 0.00374. The summed E-state index contributed by atoms with van der Waals surface area (Å²) < 4.78 is 4.81. The minimum atomic E-state index is -1.33. The Labute approximate surface area is 101 Å². The number of allylic oxidation sites excluding steroid dienone is 1. The van der Waals surface area contributed by atoms with Gasteiger partial charge < -0.3 is 21.3 Å². The summed E-state index contributed by atoms with van der Waals surface area (Å²) in [7, 11) is 1.43. The quantitative estimate of drug-likeness (QED) is 0.319. The number of nitrogens with zero attached hydrogens (tertiary/aromatic N) is 1. The summed E-state index contributed by atoms with van der Waals surface area (Å²) in [6.07, 6.45) is 4.54. The van der Waals surface area contributed by atoms with Crippen molar-refractivity contribution in [2.75, 3.05) is 20.3 Å². The van der Waals surface area contributed by atoms with Crippen LogP contribution in [-0.2, 0) is 9.53 Å². The zero-order valence-corrected chi connectivity index (χ0v) is 10.3. The fourth-order valence-electron chi connectivity index (χ4n) is 1.23. The monoisotopic (exact) mass is 243 g/mol. The van der Waals surface area contributed by atoms with Gasteiger partial charge in [0.25, 0.3) is 0 Å². The first-order valence-electron chi connectivity index (χ1n) is 5.35. The normalized spacial score (nSPS) is 16.1. The predicted octanol–water partition coefficient (Wildman–Crippen LogP) is 0.128. The van der Waals surface area contributed by atoms with Gasteiger partial charge in [-0.1, -0.05) is 12.2 Å². The molecule has 0 amide bonds. The molecular weight excluding hydrogens is 222 g/mol. The molecule has 0 fully saturated rings. The molecule has 0 unspecified atom stereocenters. The average Bonchev–Trinajstić information content (AvgIpc) is 2.23. The third-order valence-electron chi connectivity index (χ3n) is 2.20. The first-order chi connectivity index (χ1) is 7.92. The molecule has 0 radical (unpaired) electrons. The molecule has 0 bridgehead atoms. The van der Waals surface area contributed by atoms with Crippen molar-refractivity contribution in [2.24, 2.45) is 16.5 Å². The number of aliphatic imine (C=N–C) groups is 1. The van der Waals surface area contributed by atoms with E-state index in [4.69, 9.17) is 21.3 Å². The van der Waals surface area contributed by atoms with Crippen molar-refractivity contribution in [1.82, 2.24) is 0 Å². The Kier molecular flexibility index (Phi) is 7.16. The minimum Gasteiger partial charge on any atom is -0.480 e. The summed E-state index contributed by atoms with van der Waals surface area (Å²) in [4.78, 5) is 14.9. The van der Waals surface area contributed by atoms with Crippen LogP contribution >= 0.6 is 0 Å². The van der Waals surface area contributed by atoms with E-state index in [9.17, 15) is 4.79 Å². The Balaban J connectivity index is 4.07.